The number of aliphatic hydroxyl groups is 1. The Morgan fingerprint density at radius 3 is 1.59 bits per heavy atom. The topological polar surface area (TPSA) is 101 Å². The van der Waals surface area contributed by atoms with Crippen molar-refractivity contribution in [1.82, 2.24) is 4.13 Å². The van der Waals surface area contributed by atoms with Gasteiger partial charge in [-0.3, -0.25) is 0 Å². The Balaban J connectivity index is 0.00000326. The van der Waals surface area contributed by atoms with Crippen molar-refractivity contribution in [3.8, 4) is 0 Å². The van der Waals surface area contributed by atoms with Crippen molar-refractivity contribution in [3.63, 3.8) is 0 Å². The van der Waals surface area contributed by atoms with Crippen molar-refractivity contribution in [2.45, 2.75) is 22.8 Å². The summed E-state index contributed by atoms with van der Waals surface area (Å²) in [4.78, 5) is -2.33. The number of hydrogen-bond acceptors (Lipinski definition) is 5. The van der Waals surface area contributed by atoms with Crippen molar-refractivity contribution >= 4 is 20.0 Å². The highest BCUT2D eigenvalue weighted by molar-refractivity contribution is 8.05. The quantitative estimate of drug-likeness (QED) is 0.680. The number of rotatable bonds is 3. The summed E-state index contributed by atoms with van der Waals surface area (Å²) in [5, 5.41) is 7.00. The number of halogens is 9. The third kappa shape index (κ3) is 6.22. The van der Waals surface area contributed by atoms with Crippen LogP contribution in [0.25, 0.3) is 0 Å². The second-order valence-electron chi connectivity index (χ2n) is 4.24. The van der Waals surface area contributed by atoms with Crippen LogP contribution in [0, 0.1) is 0 Å². The first-order valence-electron chi connectivity index (χ1n) is 5.87. The van der Waals surface area contributed by atoms with Gasteiger partial charge in [0.2, 0.25) is 0 Å². The molecule has 1 rings (SSSR count). The molecule has 0 saturated carbocycles. The summed E-state index contributed by atoms with van der Waals surface area (Å²) in [6.07, 6.45) is -11.0. The predicted molar refractivity (Wildman–Crippen MR) is 69.9 cm³/mol. The first kappa shape index (κ1) is 25.4. The van der Waals surface area contributed by atoms with Crippen molar-refractivity contribution in [3.05, 3.63) is 29.3 Å². The monoisotopic (exact) mass is 457 g/mol. The van der Waals surface area contributed by atoms with E-state index in [0.717, 1.165) is 7.11 Å². The van der Waals surface area contributed by atoms with E-state index in [-0.39, 0.29) is 16.3 Å². The van der Waals surface area contributed by atoms with Gasteiger partial charge in [0.15, 0.2) is 0 Å². The van der Waals surface area contributed by atoms with Gasteiger partial charge >= 0.3 is 27.9 Å². The first-order valence-corrected chi connectivity index (χ1v) is 8.84. The highest BCUT2D eigenvalue weighted by Crippen LogP contribution is 2.38. The SMILES string of the molecule is CO.O=S(=O)(NS(=O)(=O)C(F)(F)F)c1cc(C(F)(F)F)ccc1C(F)(F)F. The Labute approximate surface area is 145 Å². The second-order valence-corrected chi connectivity index (χ2v) is 7.83. The lowest BCUT2D eigenvalue weighted by atomic mass is 10.1. The van der Waals surface area contributed by atoms with Gasteiger partial charge in [-0.25, -0.2) is 16.8 Å². The van der Waals surface area contributed by atoms with Gasteiger partial charge in [-0.1, -0.05) is 4.13 Å². The van der Waals surface area contributed by atoms with Crippen LogP contribution in [0.5, 0.6) is 0 Å². The van der Waals surface area contributed by atoms with Crippen LogP contribution in [0.4, 0.5) is 39.5 Å². The van der Waals surface area contributed by atoms with Crippen LogP contribution in [0.1, 0.15) is 11.1 Å². The van der Waals surface area contributed by atoms with E-state index in [4.69, 9.17) is 5.11 Å². The summed E-state index contributed by atoms with van der Waals surface area (Å²) in [6.45, 7) is 0. The van der Waals surface area contributed by atoms with Gasteiger partial charge in [-0.05, 0) is 18.2 Å². The van der Waals surface area contributed by atoms with Crippen LogP contribution >= 0.6 is 0 Å². The maximum Gasteiger partial charge on any atom is 0.512 e. The maximum absolute atomic E-state index is 12.7. The third-order valence-corrected chi connectivity index (χ3v) is 5.71. The number of aliphatic hydroxyl groups excluding tert-OH is 1. The molecule has 27 heavy (non-hydrogen) atoms. The summed E-state index contributed by atoms with van der Waals surface area (Å²) in [5.74, 6) is 0. The molecule has 1 aromatic rings. The fourth-order valence-electron chi connectivity index (χ4n) is 1.39. The van der Waals surface area contributed by atoms with Crippen molar-refractivity contribution < 1.29 is 61.5 Å². The van der Waals surface area contributed by atoms with E-state index < -0.39 is 60.0 Å². The van der Waals surface area contributed by atoms with Gasteiger partial charge in [0.1, 0.15) is 0 Å². The molecule has 0 aliphatic carbocycles. The smallest absolute Gasteiger partial charge is 0.400 e. The Bertz CT molecular complexity index is 870. The van der Waals surface area contributed by atoms with Gasteiger partial charge in [0.05, 0.1) is 16.0 Å². The van der Waals surface area contributed by atoms with Crippen molar-refractivity contribution in [1.29, 1.82) is 0 Å². The number of sulfonamides is 2. The lowest BCUT2D eigenvalue weighted by molar-refractivity contribution is -0.143. The molecule has 1 aromatic carbocycles. The van der Waals surface area contributed by atoms with Crippen LogP contribution in [0.15, 0.2) is 23.1 Å². The van der Waals surface area contributed by atoms with E-state index in [2.05, 4.69) is 0 Å². The molecule has 0 fully saturated rings. The lowest BCUT2D eigenvalue weighted by Gasteiger charge is -2.17. The molecule has 2 N–H and O–H groups in total. The molecule has 0 radical (unpaired) electrons. The fourth-order valence-corrected chi connectivity index (χ4v) is 4.04. The molecule has 0 unspecified atom stereocenters. The van der Waals surface area contributed by atoms with E-state index in [0.29, 0.717) is 0 Å². The predicted octanol–water partition coefficient (Wildman–Crippen LogP) is 2.46. The average molecular weight is 457 g/mol. The summed E-state index contributed by atoms with van der Waals surface area (Å²) < 4.78 is 157. The van der Waals surface area contributed by atoms with E-state index in [1.165, 1.54) is 0 Å². The van der Waals surface area contributed by atoms with Gasteiger partial charge in [0, 0.05) is 7.11 Å². The summed E-state index contributed by atoms with van der Waals surface area (Å²) >= 11 is 0. The highest BCUT2D eigenvalue weighted by Gasteiger charge is 2.50. The average Bonchev–Trinajstić information content (AvgIpc) is 2.44. The Morgan fingerprint density at radius 1 is 0.815 bits per heavy atom. The minimum absolute atomic E-state index is 0.0679. The van der Waals surface area contributed by atoms with Crippen LogP contribution in [0.2, 0.25) is 0 Å². The van der Waals surface area contributed by atoms with Crippen LogP contribution in [-0.4, -0.2) is 34.6 Å². The molecule has 0 aliphatic heterocycles. The zero-order chi connectivity index (χ0) is 22.1. The van der Waals surface area contributed by atoms with E-state index >= 15 is 0 Å². The molecule has 0 aromatic heterocycles. The first-order chi connectivity index (χ1) is 11.8. The molecule has 0 spiro atoms. The van der Waals surface area contributed by atoms with Gasteiger partial charge in [0.25, 0.3) is 10.0 Å². The molecular formula is C10H8F9NO5S2. The molecule has 0 amide bonds. The molecule has 0 bridgehead atoms. The molecule has 0 aliphatic rings. The maximum atomic E-state index is 12.7. The largest absolute Gasteiger partial charge is 0.512 e. The minimum atomic E-state index is -6.70. The number of benzene rings is 1. The molecule has 0 heterocycles. The standard InChI is InChI=1S/C9H4F9NO4S2.CH4O/c10-7(11,12)4-1-2-5(8(13,14)15)6(3-4)24(20,21)19-25(22,23)9(16,17)18;1-2/h1-3,19H;2H,1H3. The molecule has 0 saturated heterocycles. The Morgan fingerprint density at radius 2 is 1.26 bits per heavy atom. The number of hydrogen-bond donors (Lipinski definition) is 2. The van der Waals surface area contributed by atoms with Gasteiger partial charge < -0.3 is 5.11 Å². The van der Waals surface area contributed by atoms with Crippen LogP contribution in [-0.2, 0) is 32.4 Å². The molecule has 158 valence electrons. The van der Waals surface area contributed by atoms with Crippen LogP contribution in [0.3, 0.4) is 0 Å². The Hall–Kier alpha value is -1.59. The molecule has 0 atom stereocenters. The second kappa shape index (κ2) is 7.80. The zero-order valence-electron chi connectivity index (χ0n) is 12.5. The fraction of sp³-hybridized carbons (Fsp3) is 0.400. The summed E-state index contributed by atoms with van der Waals surface area (Å²) in [7, 11) is -11.9. The third-order valence-electron chi connectivity index (χ3n) is 2.43. The van der Waals surface area contributed by atoms with E-state index in [1.54, 1.807) is 0 Å². The molecular weight excluding hydrogens is 449 g/mol. The molecule has 17 heteroatoms. The highest BCUT2D eigenvalue weighted by atomic mass is 32.3. The minimum Gasteiger partial charge on any atom is -0.400 e. The van der Waals surface area contributed by atoms with Gasteiger partial charge in [-0.15, -0.1) is 0 Å². The summed E-state index contributed by atoms with van der Waals surface area (Å²) in [6, 6.07) is -1.14. The normalized spacial score (nSPS) is 13.7. The van der Waals surface area contributed by atoms with Crippen molar-refractivity contribution in [2.75, 3.05) is 7.11 Å². The van der Waals surface area contributed by atoms with E-state index in [1.807, 2.05) is 0 Å². The lowest BCUT2D eigenvalue weighted by Crippen LogP contribution is -2.40. The van der Waals surface area contributed by atoms with E-state index in [9.17, 15) is 56.3 Å². The zero-order valence-corrected chi connectivity index (χ0v) is 14.2. The van der Waals surface area contributed by atoms with Crippen molar-refractivity contribution in [2.24, 2.45) is 0 Å². The van der Waals surface area contributed by atoms with Gasteiger partial charge in [-0.2, -0.15) is 39.5 Å². The van der Waals surface area contributed by atoms with Crippen LogP contribution < -0.4 is 4.13 Å². The Kier molecular flexibility index (Phi) is 7.34. The number of alkyl halides is 9. The number of nitrogens with one attached hydrogen (secondary N) is 1. The summed E-state index contributed by atoms with van der Waals surface area (Å²) in [5.41, 5.74) is -10.5. The molecule has 6 nitrogen and oxygen atoms in total.